The number of nitrogens with zero attached hydrogens (tertiary/aromatic N) is 3. The Morgan fingerprint density at radius 1 is 1.33 bits per heavy atom. The molecule has 1 amide bonds. The van der Waals surface area contributed by atoms with Crippen molar-refractivity contribution in [2.75, 3.05) is 11.2 Å². The van der Waals surface area contributed by atoms with Crippen molar-refractivity contribution in [1.29, 1.82) is 0 Å². The normalized spacial score (nSPS) is 10.1. The Labute approximate surface area is 93.3 Å². The molecule has 5 nitrogen and oxygen atoms in total. The standard InChI is InChI=1S/C9H13ClN4O/c1-6-7(2)13-14-9(11-6)12-8(15)4-3-5-10/h3-5H2,1-2H3,(H,11,12,14,15). The monoisotopic (exact) mass is 228 g/mol. The van der Waals surface area contributed by atoms with Gasteiger partial charge in [0.2, 0.25) is 11.9 Å². The van der Waals surface area contributed by atoms with E-state index in [1.165, 1.54) is 0 Å². The van der Waals surface area contributed by atoms with E-state index in [9.17, 15) is 4.79 Å². The van der Waals surface area contributed by atoms with Crippen LogP contribution in [0.25, 0.3) is 0 Å². The first-order chi connectivity index (χ1) is 7.13. The number of hydrogen-bond donors (Lipinski definition) is 1. The molecule has 0 fully saturated rings. The van der Waals surface area contributed by atoms with Crippen molar-refractivity contribution in [3.8, 4) is 0 Å². The molecule has 6 heteroatoms. The lowest BCUT2D eigenvalue weighted by molar-refractivity contribution is -0.116. The van der Waals surface area contributed by atoms with Gasteiger partial charge in [-0.1, -0.05) is 0 Å². The zero-order chi connectivity index (χ0) is 11.3. The van der Waals surface area contributed by atoms with Gasteiger partial charge in [-0.2, -0.15) is 5.10 Å². The molecule has 0 spiro atoms. The molecular formula is C9H13ClN4O. The maximum Gasteiger partial charge on any atom is 0.249 e. The summed E-state index contributed by atoms with van der Waals surface area (Å²) in [7, 11) is 0. The Bertz CT molecular complexity index is 356. The van der Waals surface area contributed by atoms with Gasteiger partial charge in [0.1, 0.15) is 0 Å². The van der Waals surface area contributed by atoms with Crippen LogP contribution in [0.1, 0.15) is 24.2 Å². The van der Waals surface area contributed by atoms with Crippen molar-refractivity contribution in [3.05, 3.63) is 11.4 Å². The molecule has 0 atom stereocenters. The summed E-state index contributed by atoms with van der Waals surface area (Å²) in [6.45, 7) is 3.63. The summed E-state index contributed by atoms with van der Waals surface area (Å²) in [6.07, 6.45) is 1.02. The summed E-state index contributed by atoms with van der Waals surface area (Å²) in [5.41, 5.74) is 1.52. The van der Waals surface area contributed by atoms with Gasteiger partial charge in [0.05, 0.1) is 11.4 Å². The van der Waals surface area contributed by atoms with E-state index in [1.54, 1.807) is 0 Å². The average molecular weight is 229 g/mol. The van der Waals surface area contributed by atoms with Gasteiger partial charge in [-0.15, -0.1) is 16.7 Å². The number of carbonyl (C=O) groups excluding carboxylic acids is 1. The minimum absolute atomic E-state index is 0.138. The minimum Gasteiger partial charge on any atom is -0.293 e. The van der Waals surface area contributed by atoms with Crippen molar-refractivity contribution in [1.82, 2.24) is 15.2 Å². The molecule has 0 saturated carbocycles. The van der Waals surface area contributed by atoms with Crippen LogP contribution in [0.5, 0.6) is 0 Å². The van der Waals surface area contributed by atoms with Crippen molar-refractivity contribution < 1.29 is 4.79 Å². The van der Waals surface area contributed by atoms with Crippen LogP contribution in [0.2, 0.25) is 0 Å². The van der Waals surface area contributed by atoms with Gasteiger partial charge in [-0.05, 0) is 20.3 Å². The molecule has 1 aromatic rings. The van der Waals surface area contributed by atoms with E-state index < -0.39 is 0 Å². The third kappa shape index (κ3) is 3.79. The molecule has 0 radical (unpaired) electrons. The second kappa shape index (κ2) is 5.60. The van der Waals surface area contributed by atoms with Gasteiger partial charge in [-0.25, -0.2) is 4.98 Å². The first-order valence-corrected chi connectivity index (χ1v) is 5.20. The number of aromatic nitrogens is 3. The minimum atomic E-state index is -0.138. The van der Waals surface area contributed by atoms with Crippen LogP contribution in [0.3, 0.4) is 0 Å². The maximum atomic E-state index is 11.3. The van der Waals surface area contributed by atoms with Crippen LogP contribution >= 0.6 is 11.6 Å². The molecule has 82 valence electrons. The fourth-order valence-electron chi connectivity index (χ4n) is 0.924. The van der Waals surface area contributed by atoms with Crippen molar-refractivity contribution >= 4 is 23.5 Å². The van der Waals surface area contributed by atoms with Gasteiger partial charge in [-0.3, -0.25) is 10.1 Å². The number of amides is 1. The number of anilines is 1. The first-order valence-electron chi connectivity index (χ1n) is 4.67. The van der Waals surface area contributed by atoms with E-state index in [4.69, 9.17) is 11.6 Å². The summed E-state index contributed by atoms with van der Waals surface area (Å²) in [4.78, 5) is 15.4. The molecule has 0 aliphatic carbocycles. The van der Waals surface area contributed by atoms with Crippen molar-refractivity contribution in [2.24, 2.45) is 0 Å². The number of nitrogens with one attached hydrogen (secondary N) is 1. The summed E-state index contributed by atoms with van der Waals surface area (Å²) < 4.78 is 0. The molecule has 1 heterocycles. The summed E-state index contributed by atoms with van der Waals surface area (Å²) >= 11 is 5.47. The fraction of sp³-hybridized carbons (Fsp3) is 0.556. The predicted molar refractivity (Wildman–Crippen MR) is 57.9 cm³/mol. The molecular weight excluding hydrogens is 216 g/mol. The third-order valence-corrected chi connectivity index (χ3v) is 2.15. The largest absolute Gasteiger partial charge is 0.293 e. The van der Waals surface area contributed by atoms with E-state index in [0.717, 1.165) is 11.4 Å². The highest BCUT2D eigenvalue weighted by Gasteiger charge is 2.05. The molecule has 15 heavy (non-hydrogen) atoms. The maximum absolute atomic E-state index is 11.3. The molecule has 0 aliphatic heterocycles. The molecule has 0 unspecified atom stereocenters. The van der Waals surface area contributed by atoms with Crippen LogP contribution < -0.4 is 5.32 Å². The van der Waals surface area contributed by atoms with Gasteiger partial charge < -0.3 is 0 Å². The first kappa shape index (κ1) is 11.8. The van der Waals surface area contributed by atoms with E-state index >= 15 is 0 Å². The van der Waals surface area contributed by atoms with Gasteiger partial charge in [0.15, 0.2) is 0 Å². The molecule has 0 saturated heterocycles. The van der Waals surface area contributed by atoms with Crippen LogP contribution in [-0.4, -0.2) is 27.0 Å². The van der Waals surface area contributed by atoms with Crippen LogP contribution in [0.15, 0.2) is 0 Å². The second-order valence-electron chi connectivity index (χ2n) is 3.15. The molecule has 0 aromatic carbocycles. The smallest absolute Gasteiger partial charge is 0.249 e. The zero-order valence-corrected chi connectivity index (χ0v) is 9.51. The Balaban J connectivity index is 2.57. The number of aryl methyl sites for hydroxylation is 2. The number of hydrogen-bond acceptors (Lipinski definition) is 4. The van der Waals surface area contributed by atoms with E-state index in [1.807, 2.05) is 13.8 Å². The van der Waals surface area contributed by atoms with Gasteiger partial charge in [0.25, 0.3) is 0 Å². The number of halogens is 1. The Hall–Kier alpha value is -1.23. The van der Waals surface area contributed by atoms with E-state index in [2.05, 4.69) is 20.5 Å². The van der Waals surface area contributed by atoms with Gasteiger partial charge >= 0.3 is 0 Å². The molecule has 1 N–H and O–H groups in total. The molecule has 0 aliphatic rings. The van der Waals surface area contributed by atoms with Crippen molar-refractivity contribution in [2.45, 2.75) is 26.7 Å². The molecule has 0 bridgehead atoms. The Kier molecular flexibility index (Phi) is 4.42. The number of carbonyl (C=O) groups is 1. The fourth-order valence-corrected chi connectivity index (χ4v) is 1.06. The topological polar surface area (TPSA) is 67.8 Å². The van der Waals surface area contributed by atoms with Crippen LogP contribution in [-0.2, 0) is 4.79 Å². The lowest BCUT2D eigenvalue weighted by Crippen LogP contribution is -2.15. The number of alkyl halides is 1. The van der Waals surface area contributed by atoms with Crippen LogP contribution in [0, 0.1) is 13.8 Å². The lowest BCUT2D eigenvalue weighted by atomic mass is 10.3. The predicted octanol–water partition coefficient (Wildman–Crippen LogP) is 1.45. The van der Waals surface area contributed by atoms with E-state index in [0.29, 0.717) is 18.7 Å². The molecule has 1 aromatic heterocycles. The second-order valence-corrected chi connectivity index (χ2v) is 3.52. The Morgan fingerprint density at radius 3 is 2.67 bits per heavy atom. The summed E-state index contributed by atoms with van der Waals surface area (Å²) in [5, 5.41) is 10.2. The quantitative estimate of drug-likeness (QED) is 0.792. The number of rotatable bonds is 4. The van der Waals surface area contributed by atoms with Crippen molar-refractivity contribution in [3.63, 3.8) is 0 Å². The highest BCUT2D eigenvalue weighted by atomic mass is 35.5. The van der Waals surface area contributed by atoms with E-state index in [-0.39, 0.29) is 11.9 Å². The SMILES string of the molecule is Cc1nnc(NC(=O)CCCCl)nc1C. The Morgan fingerprint density at radius 2 is 2.07 bits per heavy atom. The highest BCUT2D eigenvalue weighted by molar-refractivity contribution is 6.18. The zero-order valence-electron chi connectivity index (χ0n) is 8.75. The third-order valence-electron chi connectivity index (χ3n) is 1.88. The molecule has 1 rings (SSSR count). The van der Waals surface area contributed by atoms with Crippen LogP contribution in [0.4, 0.5) is 5.95 Å². The summed E-state index contributed by atoms with van der Waals surface area (Å²) in [6, 6.07) is 0. The summed E-state index contributed by atoms with van der Waals surface area (Å²) in [5.74, 6) is 0.581. The van der Waals surface area contributed by atoms with Gasteiger partial charge in [0, 0.05) is 12.3 Å². The highest BCUT2D eigenvalue weighted by Crippen LogP contribution is 2.03. The lowest BCUT2D eigenvalue weighted by Gasteiger charge is -2.03. The average Bonchev–Trinajstić information content (AvgIpc) is 2.20.